The molecule has 1 aliphatic heterocycles. The summed E-state index contributed by atoms with van der Waals surface area (Å²) in [5.74, 6) is -2.06. The Balaban J connectivity index is 1.84. The van der Waals surface area contributed by atoms with Gasteiger partial charge in [0.15, 0.2) is 5.78 Å². The minimum Gasteiger partial charge on any atom is -0.468 e. The van der Waals surface area contributed by atoms with Crippen molar-refractivity contribution >= 4 is 23.2 Å². The van der Waals surface area contributed by atoms with Crippen LogP contribution in [-0.4, -0.2) is 29.5 Å². The first kappa shape index (κ1) is 20.7. The summed E-state index contributed by atoms with van der Waals surface area (Å²) in [5.41, 5.74) is 3.18. The van der Waals surface area contributed by atoms with Crippen LogP contribution in [0, 0.1) is 16.0 Å². The highest BCUT2D eigenvalue weighted by Gasteiger charge is 2.44. The Morgan fingerprint density at radius 3 is 2.48 bits per heavy atom. The molecule has 1 heterocycles. The number of non-ortho nitro benzene ring substituents is 1. The molecule has 2 aliphatic rings. The molecule has 0 amide bonds. The third-order valence-corrected chi connectivity index (χ3v) is 6.05. The lowest BCUT2D eigenvalue weighted by molar-refractivity contribution is -0.384. The molecule has 7 heteroatoms. The third kappa shape index (κ3) is 3.79. The van der Waals surface area contributed by atoms with Gasteiger partial charge in [-0.2, -0.15) is 0 Å². The van der Waals surface area contributed by atoms with Gasteiger partial charge in [-0.05, 0) is 30.4 Å². The smallest absolute Gasteiger partial charge is 0.315 e. The predicted octanol–water partition coefficient (Wildman–Crippen LogP) is 4.34. The van der Waals surface area contributed by atoms with Crippen molar-refractivity contribution in [2.24, 2.45) is 10.9 Å². The largest absolute Gasteiger partial charge is 0.468 e. The van der Waals surface area contributed by atoms with Crippen LogP contribution >= 0.6 is 0 Å². The van der Waals surface area contributed by atoms with E-state index in [2.05, 4.69) is 4.99 Å². The average molecular weight is 418 g/mol. The van der Waals surface area contributed by atoms with E-state index in [0.717, 1.165) is 5.56 Å². The maximum absolute atomic E-state index is 13.4. The molecule has 0 bridgehead atoms. The van der Waals surface area contributed by atoms with Crippen LogP contribution in [0.4, 0.5) is 5.69 Å². The molecule has 1 aliphatic carbocycles. The van der Waals surface area contributed by atoms with Gasteiger partial charge in [0.2, 0.25) is 0 Å². The first-order valence-corrected chi connectivity index (χ1v) is 10.1. The first-order chi connectivity index (χ1) is 14.9. The van der Waals surface area contributed by atoms with E-state index in [1.54, 1.807) is 19.1 Å². The molecule has 3 atom stereocenters. The van der Waals surface area contributed by atoms with Crippen LogP contribution in [-0.2, 0) is 14.3 Å². The van der Waals surface area contributed by atoms with Crippen LogP contribution in [0.25, 0.3) is 0 Å². The van der Waals surface area contributed by atoms with Crippen LogP contribution in [0.2, 0.25) is 0 Å². The summed E-state index contributed by atoms with van der Waals surface area (Å²) >= 11 is 0. The molecule has 2 aromatic rings. The summed E-state index contributed by atoms with van der Waals surface area (Å²) in [6.07, 6.45) is 0.873. The first-order valence-electron chi connectivity index (χ1n) is 10.1. The fourth-order valence-corrected chi connectivity index (χ4v) is 4.64. The zero-order valence-electron chi connectivity index (χ0n) is 17.3. The second-order valence-corrected chi connectivity index (χ2v) is 7.88. The van der Waals surface area contributed by atoms with Crippen LogP contribution in [0.3, 0.4) is 0 Å². The van der Waals surface area contributed by atoms with E-state index in [-0.39, 0.29) is 17.4 Å². The highest BCUT2D eigenvalue weighted by Crippen LogP contribution is 2.47. The molecule has 0 aromatic heterocycles. The molecule has 0 saturated heterocycles. The average Bonchev–Trinajstić information content (AvgIpc) is 2.78. The summed E-state index contributed by atoms with van der Waals surface area (Å²) < 4.78 is 5.01. The number of carbonyl (C=O) groups excluding carboxylic acids is 2. The Morgan fingerprint density at radius 1 is 1.10 bits per heavy atom. The van der Waals surface area contributed by atoms with E-state index < -0.39 is 22.7 Å². The number of nitro groups is 1. The van der Waals surface area contributed by atoms with Gasteiger partial charge in [0.25, 0.3) is 5.69 Å². The van der Waals surface area contributed by atoms with E-state index in [0.29, 0.717) is 35.4 Å². The topological polar surface area (TPSA) is 98.9 Å². The zero-order chi connectivity index (χ0) is 22.1. The monoisotopic (exact) mass is 418 g/mol. The second-order valence-electron chi connectivity index (χ2n) is 7.88. The number of Topliss-reactive ketones (excluding diaryl/α,β-unsaturated/α-hetero) is 1. The van der Waals surface area contributed by atoms with Gasteiger partial charge in [0.1, 0.15) is 5.92 Å². The molecule has 4 rings (SSSR count). The van der Waals surface area contributed by atoms with Crippen molar-refractivity contribution < 1.29 is 19.2 Å². The molecular weight excluding hydrogens is 396 g/mol. The van der Waals surface area contributed by atoms with Gasteiger partial charge >= 0.3 is 5.97 Å². The van der Waals surface area contributed by atoms with Gasteiger partial charge in [0, 0.05) is 41.5 Å². The fraction of sp³-hybridized carbons (Fsp3) is 0.292. The van der Waals surface area contributed by atoms with Crippen LogP contribution < -0.4 is 0 Å². The van der Waals surface area contributed by atoms with Crippen LogP contribution in [0.1, 0.15) is 42.7 Å². The molecule has 0 N–H and O–H groups in total. The number of ketones is 1. The van der Waals surface area contributed by atoms with Crippen molar-refractivity contribution in [2.45, 2.75) is 31.6 Å². The van der Waals surface area contributed by atoms with Crippen molar-refractivity contribution in [3.05, 3.63) is 87.1 Å². The Kier molecular flexibility index (Phi) is 5.50. The second kappa shape index (κ2) is 8.26. The molecule has 0 spiro atoms. The van der Waals surface area contributed by atoms with Crippen molar-refractivity contribution in [1.29, 1.82) is 0 Å². The Labute approximate surface area is 179 Å². The van der Waals surface area contributed by atoms with Gasteiger partial charge < -0.3 is 4.74 Å². The lowest BCUT2D eigenvalue weighted by Gasteiger charge is -2.36. The number of allylic oxidation sites excluding steroid dienone is 2. The molecule has 0 fully saturated rings. The summed E-state index contributed by atoms with van der Waals surface area (Å²) in [6, 6.07) is 15.9. The summed E-state index contributed by atoms with van der Waals surface area (Å²) in [6.45, 7) is 1.74. The number of rotatable bonds is 4. The Morgan fingerprint density at radius 2 is 1.81 bits per heavy atom. The fourth-order valence-electron chi connectivity index (χ4n) is 4.64. The molecule has 2 aromatic carbocycles. The highest BCUT2D eigenvalue weighted by molar-refractivity contribution is 6.09. The molecule has 158 valence electrons. The number of benzene rings is 2. The number of methoxy groups -OCH3 is 1. The minimum atomic E-state index is -0.803. The maximum atomic E-state index is 13.4. The standard InChI is InChI=1S/C24H22N2O5/c1-14-21(24(28)31-2)22(16-9-6-10-18(11-16)26(29)30)23-19(25-14)12-17(13-20(23)27)15-7-4-3-5-8-15/h3-11,17,21-22H,12-13H2,1-2H3/t17-,21?,22-/m0/s1. The molecule has 1 unspecified atom stereocenters. The number of carbonyl (C=O) groups is 2. The summed E-state index contributed by atoms with van der Waals surface area (Å²) in [7, 11) is 1.29. The van der Waals surface area contributed by atoms with Gasteiger partial charge in [-0.1, -0.05) is 42.5 Å². The van der Waals surface area contributed by atoms with Crippen molar-refractivity contribution in [2.75, 3.05) is 7.11 Å². The van der Waals surface area contributed by atoms with Crippen molar-refractivity contribution in [1.82, 2.24) is 0 Å². The quantitative estimate of drug-likeness (QED) is 0.418. The molecule has 0 saturated carbocycles. The molecule has 7 nitrogen and oxygen atoms in total. The zero-order valence-corrected chi connectivity index (χ0v) is 17.3. The van der Waals surface area contributed by atoms with E-state index in [1.165, 1.54) is 19.2 Å². The Bertz CT molecular complexity index is 1120. The van der Waals surface area contributed by atoms with Crippen LogP contribution in [0.15, 0.2) is 70.9 Å². The number of nitrogens with zero attached hydrogens (tertiary/aromatic N) is 2. The van der Waals surface area contributed by atoms with E-state index >= 15 is 0 Å². The molecule has 31 heavy (non-hydrogen) atoms. The van der Waals surface area contributed by atoms with E-state index in [4.69, 9.17) is 4.74 Å². The maximum Gasteiger partial charge on any atom is 0.315 e. The number of ether oxygens (including phenoxy) is 1. The van der Waals surface area contributed by atoms with E-state index in [9.17, 15) is 19.7 Å². The number of nitro benzene ring substituents is 1. The SMILES string of the molecule is COC(=O)C1C(C)=NC2=C(C(=O)C[C@@H](c3ccccc3)C2)[C@H]1c1cccc([N+](=O)[O-])c1. The number of hydrogen-bond acceptors (Lipinski definition) is 6. The number of hydrogen-bond donors (Lipinski definition) is 0. The Hall–Kier alpha value is -3.61. The van der Waals surface area contributed by atoms with Gasteiger partial charge in [-0.15, -0.1) is 0 Å². The van der Waals surface area contributed by atoms with E-state index in [1.807, 2.05) is 30.3 Å². The number of aliphatic imine (C=N–C) groups is 1. The van der Waals surface area contributed by atoms with Crippen LogP contribution in [0.5, 0.6) is 0 Å². The summed E-state index contributed by atoms with van der Waals surface area (Å²) in [5, 5.41) is 11.3. The van der Waals surface area contributed by atoms with Gasteiger partial charge in [-0.25, -0.2) is 0 Å². The minimum absolute atomic E-state index is 0.00411. The third-order valence-electron chi connectivity index (χ3n) is 6.05. The van der Waals surface area contributed by atoms with Crippen molar-refractivity contribution in [3.63, 3.8) is 0 Å². The van der Waals surface area contributed by atoms with Gasteiger partial charge in [-0.3, -0.25) is 24.7 Å². The summed E-state index contributed by atoms with van der Waals surface area (Å²) in [4.78, 5) is 41.5. The highest BCUT2D eigenvalue weighted by atomic mass is 16.6. The molecule has 0 radical (unpaired) electrons. The lowest BCUT2D eigenvalue weighted by Crippen LogP contribution is -2.37. The molecular formula is C24H22N2O5. The van der Waals surface area contributed by atoms with Crippen molar-refractivity contribution in [3.8, 4) is 0 Å². The normalized spacial score (nSPS) is 23.1. The van der Waals surface area contributed by atoms with Gasteiger partial charge in [0.05, 0.1) is 12.0 Å². The predicted molar refractivity (Wildman–Crippen MR) is 115 cm³/mol. The lowest BCUT2D eigenvalue weighted by atomic mass is 9.69. The number of esters is 1.